The number of hydrogen-bond donors (Lipinski definition) is 1. The minimum Gasteiger partial charge on any atom is -0.207 e. The lowest BCUT2D eigenvalue weighted by Crippen LogP contribution is -2.30. The van der Waals surface area contributed by atoms with Gasteiger partial charge < -0.3 is 0 Å². The van der Waals surface area contributed by atoms with E-state index >= 15 is 0 Å². The first-order chi connectivity index (χ1) is 10.1. The molecule has 114 valence electrons. The monoisotopic (exact) mass is 325 g/mol. The molecule has 0 radical (unpaired) electrons. The molecule has 4 atom stereocenters. The van der Waals surface area contributed by atoms with Crippen LogP contribution in [-0.2, 0) is 16.4 Å². The molecule has 1 aromatic carbocycles. The Hall–Kier alpha value is -0.580. The first-order valence-electron chi connectivity index (χ1n) is 7.77. The first kappa shape index (κ1) is 14.0. The first-order valence-corrected chi connectivity index (χ1v) is 9.79. The van der Waals surface area contributed by atoms with Crippen LogP contribution < -0.4 is 4.72 Å². The van der Waals surface area contributed by atoms with Crippen LogP contribution >= 0.6 is 11.6 Å². The highest BCUT2D eigenvalue weighted by molar-refractivity contribution is 7.89. The molecular weight excluding hydrogens is 306 g/mol. The Morgan fingerprint density at radius 2 is 1.71 bits per heavy atom. The van der Waals surface area contributed by atoms with Crippen LogP contribution in [0.15, 0.2) is 29.2 Å². The predicted molar refractivity (Wildman–Crippen MR) is 82.8 cm³/mol. The Balaban J connectivity index is 1.47. The van der Waals surface area contributed by atoms with Crippen LogP contribution in [-0.4, -0.2) is 20.3 Å². The summed E-state index contributed by atoms with van der Waals surface area (Å²) in [5.41, 5.74) is 1.07. The highest BCUT2D eigenvalue weighted by atomic mass is 35.5. The van der Waals surface area contributed by atoms with Crippen molar-refractivity contribution in [3.8, 4) is 0 Å². The zero-order valence-electron chi connectivity index (χ0n) is 11.8. The number of benzene rings is 1. The number of aryl methyl sites for hydroxylation is 1. The Labute approximate surface area is 131 Å². The van der Waals surface area contributed by atoms with Crippen molar-refractivity contribution < 1.29 is 8.42 Å². The van der Waals surface area contributed by atoms with E-state index in [4.69, 9.17) is 11.6 Å². The zero-order valence-corrected chi connectivity index (χ0v) is 13.4. The summed E-state index contributed by atoms with van der Waals surface area (Å²) in [5.74, 6) is 3.35. The third-order valence-electron chi connectivity index (χ3n) is 5.64. The van der Waals surface area contributed by atoms with E-state index in [9.17, 15) is 8.42 Å². The molecule has 4 unspecified atom stereocenters. The number of sulfonamides is 1. The second kappa shape index (κ2) is 4.97. The fourth-order valence-electron chi connectivity index (χ4n) is 4.67. The van der Waals surface area contributed by atoms with Gasteiger partial charge in [-0.2, -0.15) is 0 Å². The van der Waals surface area contributed by atoms with Crippen molar-refractivity contribution in [1.82, 2.24) is 4.72 Å². The van der Waals surface area contributed by atoms with Gasteiger partial charge in [-0.05, 0) is 67.1 Å². The van der Waals surface area contributed by atoms with Gasteiger partial charge >= 0.3 is 0 Å². The quantitative estimate of drug-likeness (QED) is 0.846. The Morgan fingerprint density at radius 3 is 2.29 bits per heavy atom. The highest BCUT2D eigenvalue weighted by Gasteiger charge is 2.65. The molecule has 1 aromatic rings. The number of fused-ring (bicyclic) bond motifs is 5. The van der Waals surface area contributed by atoms with Gasteiger partial charge in [-0.1, -0.05) is 12.1 Å². The largest absolute Gasteiger partial charge is 0.240 e. The van der Waals surface area contributed by atoms with E-state index in [-0.39, 0.29) is 6.04 Å². The molecule has 0 spiro atoms. The van der Waals surface area contributed by atoms with E-state index in [0.717, 1.165) is 23.8 Å². The van der Waals surface area contributed by atoms with E-state index in [1.807, 2.05) is 12.1 Å². The number of halogens is 1. The second-order valence-electron chi connectivity index (χ2n) is 6.72. The molecule has 0 aliphatic heterocycles. The maximum atomic E-state index is 12.5. The van der Waals surface area contributed by atoms with Crippen LogP contribution in [0.4, 0.5) is 0 Å². The third-order valence-corrected chi connectivity index (χ3v) is 7.31. The summed E-state index contributed by atoms with van der Waals surface area (Å²) >= 11 is 5.70. The van der Waals surface area contributed by atoms with E-state index in [0.29, 0.717) is 22.6 Å². The SMILES string of the molecule is O=S(=O)(NC1C2C3CCC(C3)C12)c1ccc(CCCl)cc1. The molecule has 5 heteroatoms. The van der Waals surface area contributed by atoms with E-state index in [1.165, 1.54) is 19.3 Å². The van der Waals surface area contributed by atoms with Gasteiger partial charge in [0.15, 0.2) is 0 Å². The fraction of sp³-hybridized carbons (Fsp3) is 0.625. The molecular formula is C16H20ClNO2S. The average Bonchev–Trinajstić information content (AvgIpc) is 2.85. The van der Waals surface area contributed by atoms with Crippen LogP contribution in [0.1, 0.15) is 24.8 Å². The molecule has 3 fully saturated rings. The number of rotatable bonds is 5. The molecule has 3 saturated carbocycles. The predicted octanol–water partition coefficient (Wildman–Crippen LogP) is 2.79. The average molecular weight is 326 g/mol. The molecule has 0 heterocycles. The van der Waals surface area contributed by atoms with Crippen LogP contribution in [0.5, 0.6) is 0 Å². The maximum Gasteiger partial charge on any atom is 0.240 e. The van der Waals surface area contributed by atoms with Crippen LogP contribution in [0.2, 0.25) is 0 Å². The smallest absolute Gasteiger partial charge is 0.207 e. The summed E-state index contributed by atoms with van der Waals surface area (Å²) in [6.45, 7) is 0. The number of alkyl halides is 1. The summed E-state index contributed by atoms with van der Waals surface area (Å²) in [7, 11) is -3.37. The van der Waals surface area contributed by atoms with Crippen molar-refractivity contribution in [2.24, 2.45) is 23.7 Å². The summed E-state index contributed by atoms with van der Waals surface area (Å²) in [4.78, 5) is 0.373. The van der Waals surface area contributed by atoms with Gasteiger partial charge in [-0.25, -0.2) is 13.1 Å². The molecule has 3 aliphatic carbocycles. The van der Waals surface area contributed by atoms with Crippen molar-refractivity contribution in [2.75, 3.05) is 5.88 Å². The second-order valence-corrected chi connectivity index (χ2v) is 8.81. The Kier molecular flexibility index (Phi) is 3.32. The topological polar surface area (TPSA) is 46.2 Å². The molecule has 3 nitrogen and oxygen atoms in total. The van der Waals surface area contributed by atoms with Crippen molar-refractivity contribution >= 4 is 21.6 Å². The van der Waals surface area contributed by atoms with Crippen LogP contribution in [0.25, 0.3) is 0 Å². The van der Waals surface area contributed by atoms with Gasteiger partial charge in [-0.3, -0.25) is 0 Å². The lowest BCUT2D eigenvalue weighted by atomic mass is 10.0. The normalized spacial score (nSPS) is 36.7. The van der Waals surface area contributed by atoms with Crippen molar-refractivity contribution in [3.63, 3.8) is 0 Å². The van der Waals surface area contributed by atoms with Crippen molar-refractivity contribution in [3.05, 3.63) is 29.8 Å². The Bertz CT molecular complexity index is 627. The molecule has 21 heavy (non-hydrogen) atoms. The van der Waals surface area contributed by atoms with Crippen molar-refractivity contribution in [2.45, 2.75) is 36.6 Å². The lowest BCUT2D eigenvalue weighted by molar-refractivity contribution is 0.456. The molecule has 4 rings (SSSR count). The summed E-state index contributed by atoms with van der Waals surface area (Å²) < 4.78 is 27.9. The fourth-order valence-corrected chi connectivity index (χ4v) is 6.20. The van der Waals surface area contributed by atoms with E-state index in [1.54, 1.807) is 12.1 Å². The summed E-state index contributed by atoms with van der Waals surface area (Å²) in [6.07, 6.45) is 4.71. The molecule has 1 N–H and O–H groups in total. The maximum absolute atomic E-state index is 12.5. The lowest BCUT2D eigenvalue weighted by Gasteiger charge is -2.11. The van der Waals surface area contributed by atoms with E-state index in [2.05, 4.69) is 4.72 Å². The van der Waals surface area contributed by atoms with Gasteiger partial charge in [0, 0.05) is 11.9 Å². The minimum absolute atomic E-state index is 0.198. The van der Waals surface area contributed by atoms with Gasteiger partial charge in [0.25, 0.3) is 0 Å². The molecule has 0 saturated heterocycles. The zero-order chi connectivity index (χ0) is 14.6. The minimum atomic E-state index is -3.37. The number of hydrogen-bond acceptors (Lipinski definition) is 2. The molecule has 3 aliphatic rings. The summed E-state index contributed by atoms with van der Waals surface area (Å²) in [5, 5.41) is 0. The van der Waals surface area contributed by atoms with Gasteiger partial charge in [-0.15, -0.1) is 11.6 Å². The highest BCUT2D eigenvalue weighted by Crippen LogP contribution is 2.65. The van der Waals surface area contributed by atoms with Crippen LogP contribution in [0.3, 0.4) is 0 Å². The Morgan fingerprint density at radius 1 is 1.10 bits per heavy atom. The molecule has 0 aromatic heterocycles. The van der Waals surface area contributed by atoms with Gasteiger partial charge in [0.2, 0.25) is 10.0 Å². The standard InChI is InChI=1S/C16H20ClNO2S/c17-8-7-10-1-5-13(6-2-10)21(19,20)18-16-14-11-3-4-12(9-11)15(14)16/h1-2,5-6,11-12,14-16,18H,3-4,7-9H2. The third kappa shape index (κ3) is 2.32. The van der Waals surface area contributed by atoms with Gasteiger partial charge in [0.1, 0.15) is 0 Å². The van der Waals surface area contributed by atoms with Crippen LogP contribution in [0, 0.1) is 23.7 Å². The van der Waals surface area contributed by atoms with E-state index < -0.39 is 10.0 Å². The molecule has 2 bridgehead atoms. The van der Waals surface area contributed by atoms with Gasteiger partial charge in [0.05, 0.1) is 4.90 Å². The molecule has 0 amide bonds. The van der Waals surface area contributed by atoms with Crippen molar-refractivity contribution in [1.29, 1.82) is 0 Å². The number of nitrogens with one attached hydrogen (secondary N) is 1. The summed E-state index contributed by atoms with van der Waals surface area (Å²) in [6, 6.07) is 7.29.